The molecule has 2 aromatic heterocycles. The summed E-state index contributed by atoms with van der Waals surface area (Å²) in [7, 11) is 0. The van der Waals surface area contributed by atoms with E-state index in [0.717, 1.165) is 17.0 Å². The van der Waals surface area contributed by atoms with Gasteiger partial charge in [-0.15, -0.1) is 11.6 Å². The number of rotatable bonds is 3. The average Bonchev–Trinajstić information content (AvgIpc) is 2.96. The molecular formula is C16H16ClFN2O. The van der Waals surface area contributed by atoms with E-state index in [1.54, 1.807) is 13.0 Å². The number of benzene rings is 1. The van der Waals surface area contributed by atoms with Crippen LogP contribution in [0.2, 0.25) is 0 Å². The Labute approximate surface area is 127 Å². The van der Waals surface area contributed by atoms with Crippen molar-refractivity contribution < 1.29 is 8.81 Å². The van der Waals surface area contributed by atoms with Gasteiger partial charge in [0, 0.05) is 6.07 Å². The van der Waals surface area contributed by atoms with Crippen molar-refractivity contribution in [2.45, 2.75) is 32.7 Å². The van der Waals surface area contributed by atoms with Crippen molar-refractivity contribution in [3.05, 3.63) is 53.0 Å². The summed E-state index contributed by atoms with van der Waals surface area (Å²) < 4.78 is 21.3. The maximum atomic E-state index is 13.7. The van der Waals surface area contributed by atoms with Crippen molar-refractivity contribution in [1.29, 1.82) is 0 Å². The third-order valence-electron chi connectivity index (χ3n) is 3.52. The quantitative estimate of drug-likeness (QED) is 0.655. The smallest absolute Gasteiger partial charge is 0.128 e. The highest BCUT2D eigenvalue weighted by molar-refractivity contribution is 6.20. The summed E-state index contributed by atoms with van der Waals surface area (Å²) >= 11 is 6.22. The van der Waals surface area contributed by atoms with Gasteiger partial charge in [-0.2, -0.15) is 0 Å². The van der Waals surface area contributed by atoms with Crippen LogP contribution in [0.25, 0.3) is 11.0 Å². The summed E-state index contributed by atoms with van der Waals surface area (Å²) in [5.41, 5.74) is 2.07. The monoisotopic (exact) mass is 306 g/mol. The number of hydrogen-bond donors (Lipinski definition) is 0. The Morgan fingerprint density at radius 3 is 2.71 bits per heavy atom. The predicted octanol–water partition coefficient (Wildman–Crippen LogP) is 4.73. The van der Waals surface area contributed by atoms with Crippen LogP contribution in [0.5, 0.6) is 0 Å². The third kappa shape index (κ3) is 2.56. The Kier molecular flexibility index (Phi) is 3.49. The number of hydrogen-bond acceptors (Lipinski definition) is 2. The maximum Gasteiger partial charge on any atom is 0.128 e. The van der Waals surface area contributed by atoms with Crippen LogP contribution in [-0.4, -0.2) is 9.55 Å². The number of furan rings is 1. The molecule has 0 fully saturated rings. The molecule has 2 heterocycles. The minimum absolute atomic E-state index is 0.255. The lowest BCUT2D eigenvalue weighted by Gasteiger charge is -2.09. The molecule has 5 heteroatoms. The molecular weight excluding hydrogens is 291 g/mol. The first-order valence-corrected chi connectivity index (χ1v) is 7.25. The number of aromatic nitrogens is 2. The Hall–Kier alpha value is -1.81. The number of halogens is 2. The van der Waals surface area contributed by atoms with Gasteiger partial charge in [0.15, 0.2) is 0 Å². The van der Waals surface area contributed by atoms with Crippen LogP contribution >= 0.6 is 11.6 Å². The minimum atomic E-state index is -0.267. The van der Waals surface area contributed by atoms with Crippen LogP contribution in [0, 0.1) is 19.7 Å². The second kappa shape index (κ2) is 5.19. The largest absolute Gasteiger partial charge is 0.464 e. The van der Waals surface area contributed by atoms with Crippen LogP contribution in [0.3, 0.4) is 0 Å². The van der Waals surface area contributed by atoms with Crippen molar-refractivity contribution in [2.75, 3.05) is 0 Å². The van der Waals surface area contributed by atoms with Crippen LogP contribution in [-0.2, 0) is 6.54 Å². The van der Waals surface area contributed by atoms with Crippen molar-refractivity contribution >= 4 is 22.6 Å². The molecule has 1 atom stereocenters. The SMILES string of the molecule is Cc1ccc(Cn2c(C(C)Cl)nc3cc(F)c(C)cc32)o1. The van der Waals surface area contributed by atoms with Crippen molar-refractivity contribution in [3.63, 3.8) is 0 Å². The average molecular weight is 307 g/mol. The summed E-state index contributed by atoms with van der Waals surface area (Å²) in [6, 6.07) is 7.11. The van der Waals surface area contributed by atoms with E-state index in [0.29, 0.717) is 23.4 Å². The number of imidazole rings is 1. The lowest BCUT2D eigenvalue weighted by atomic mass is 10.2. The molecule has 0 amide bonds. The molecule has 3 nitrogen and oxygen atoms in total. The van der Waals surface area contributed by atoms with Gasteiger partial charge in [-0.1, -0.05) is 0 Å². The summed E-state index contributed by atoms with van der Waals surface area (Å²) in [5, 5.41) is -0.267. The second-order valence-electron chi connectivity index (χ2n) is 5.27. The molecule has 110 valence electrons. The van der Waals surface area contributed by atoms with E-state index in [4.69, 9.17) is 16.0 Å². The van der Waals surface area contributed by atoms with Gasteiger partial charge in [0.1, 0.15) is 23.2 Å². The zero-order valence-corrected chi connectivity index (χ0v) is 12.9. The summed E-state index contributed by atoms with van der Waals surface area (Å²) in [4.78, 5) is 4.47. The van der Waals surface area contributed by atoms with E-state index in [2.05, 4.69) is 4.98 Å². The number of nitrogens with zero attached hydrogens (tertiary/aromatic N) is 2. The van der Waals surface area contributed by atoms with E-state index in [-0.39, 0.29) is 11.2 Å². The van der Waals surface area contributed by atoms with E-state index in [1.165, 1.54) is 6.07 Å². The molecule has 3 aromatic rings. The van der Waals surface area contributed by atoms with Crippen LogP contribution in [0.1, 0.15) is 35.2 Å². The Morgan fingerprint density at radius 1 is 1.33 bits per heavy atom. The number of fused-ring (bicyclic) bond motifs is 1. The zero-order chi connectivity index (χ0) is 15.1. The van der Waals surface area contributed by atoms with Gasteiger partial charge in [-0.3, -0.25) is 0 Å². The lowest BCUT2D eigenvalue weighted by Crippen LogP contribution is -2.05. The fourth-order valence-corrected chi connectivity index (χ4v) is 2.63. The molecule has 21 heavy (non-hydrogen) atoms. The van der Waals surface area contributed by atoms with Gasteiger partial charge in [0.25, 0.3) is 0 Å². The molecule has 3 rings (SSSR count). The highest BCUT2D eigenvalue weighted by atomic mass is 35.5. The van der Waals surface area contributed by atoms with Gasteiger partial charge < -0.3 is 8.98 Å². The molecule has 0 radical (unpaired) electrons. The number of alkyl halides is 1. The first kappa shape index (κ1) is 14.1. The second-order valence-corrected chi connectivity index (χ2v) is 5.93. The molecule has 0 saturated carbocycles. The first-order chi connectivity index (χ1) is 9.95. The van der Waals surface area contributed by atoms with Gasteiger partial charge >= 0.3 is 0 Å². The standard InChI is InChI=1S/C16H16ClFN2O/c1-9-6-15-14(7-13(9)18)19-16(11(3)17)20(15)8-12-5-4-10(2)21-12/h4-7,11H,8H2,1-3H3. The van der Waals surface area contributed by atoms with Gasteiger partial charge in [0.05, 0.1) is 23.0 Å². The highest BCUT2D eigenvalue weighted by Crippen LogP contribution is 2.27. The lowest BCUT2D eigenvalue weighted by molar-refractivity contribution is 0.469. The molecule has 1 unspecified atom stereocenters. The Balaban J connectivity index is 2.17. The highest BCUT2D eigenvalue weighted by Gasteiger charge is 2.17. The van der Waals surface area contributed by atoms with Gasteiger partial charge in [-0.25, -0.2) is 9.37 Å². The van der Waals surface area contributed by atoms with Gasteiger partial charge in [-0.05, 0) is 44.5 Å². The van der Waals surface area contributed by atoms with Gasteiger partial charge in [0.2, 0.25) is 0 Å². The normalized spacial score (nSPS) is 13.0. The predicted molar refractivity (Wildman–Crippen MR) is 81.2 cm³/mol. The van der Waals surface area contributed by atoms with E-state index >= 15 is 0 Å². The van der Waals surface area contributed by atoms with E-state index in [9.17, 15) is 4.39 Å². The Bertz CT molecular complexity index is 804. The molecule has 0 N–H and O–H groups in total. The molecule has 0 spiro atoms. The summed E-state index contributed by atoms with van der Waals surface area (Å²) in [6.07, 6.45) is 0. The van der Waals surface area contributed by atoms with Crippen LogP contribution < -0.4 is 0 Å². The third-order valence-corrected chi connectivity index (χ3v) is 3.72. The molecule has 0 aliphatic carbocycles. The number of aryl methyl sites for hydroxylation is 2. The topological polar surface area (TPSA) is 31.0 Å². The van der Waals surface area contributed by atoms with E-state index < -0.39 is 0 Å². The molecule has 0 saturated heterocycles. The fourth-order valence-electron chi connectivity index (χ4n) is 2.46. The van der Waals surface area contributed by atoms with E-state index in [1.807, 2.05) is 30.5 Å². The molecule has 0 aliphatic heterocycles. The molecule has 1 aromatic carbocycles. The first-order valence-electron chi connectivity index (χ1n) is 6.81. The van der Waals surface area contributed by atoms with Crippen molar-refractivity contribution in [1.82, 2.24) is 9.55 Å². The Morgan fingerprint density at radius 2 is 2.10 bits per heavy atom. The van der Waals surface area contributed by atoms with Crippen LogP contribution in [0.15, 0.2) is 28.7 Å². The molecule has 0 bridgehead atoms. The van der Waals surface area contributed by atoms with Crippen molar-refractivity contribution in [2.24, 2.45) is 0 Å². The van der Waals surface area contributed by atoms with Crippen LogP contribution in [0.4, 0.5) is 4.39 Å². The zero-order valence-electron chi connectivity index (χ0n) is 12.2. The summed E-state index contributed by atoms with van der Waals surface area (Å²) in [6.45, 7) is 6.03. The van der Waals surface area contributed by atoms with Crippen molar-refractivity contribution in [3.8, 4) is 0 Å². The fraction of sp³-hybridized carbons (Fsp3) is 0.312. The minimum Gasteiger partial charge on any atom is -0.464 e. The summed E-state index contributed by atoms with van der Waals surface area (Å²) in [5.74, 6) is 2.14. The maximum absolute atomic E-state index is 13.7. The molecule has 0 aliphatic rings.